The average molecular weight is 515 g/mol. The summed E-state index contributed by atoms with van der Waals surface area (Å²) >= 11 is 0. The van der Waals surface area contributed by atoms with Crippen LogP contribution in [0.25, 0.3) is 11.0 Å². The molecule has 2 amide bonds. The van der Waals surface area contributed by atoms with Crippen molar-refractivity contribution in [3.63, 3.8) is 0 Å². The zero-order chi connectivity index (χ0) is 26.7. The zero-order valence-electron chi connectivity index (χ0n) is 21.9. The molecular weight excluding hydrogens is 480 g/mol. The van der Waals surface area contributed by atoms with Crippen molar-refractivity contribution in [2.45, 2.75) is 25.9 Å². The van der Waals surface area contributed by atoms with Gasteiger partial charge in [0.2, 0.25) is 11.8 Å². The first-order chi connectivity index (χ1) is 18.6. The Hall–Kier alpha value is -4.10. The van der Waals surface area contributed by atoms with Gasteiger partial charge in [0.25, 0.3) is 0 Å². The highest BCUT2D eigenvalue weighted by atomic mass is 16.5. The fraction of sp³-hybridized carbons (Fsp3) is 0.290. The topological polar surface area (TPSA) is 89.8 Å². The molecule has 4 aromatic rings. The van der Waals surface area contributed by atoms with Crippen LogP contribution in [0.1, 0.15) is 22.3 Å². The second-order valence-electron chi connectivity index (χ2n) is 9.23. The van der Waals surface area contributed by atoms with Crippen molar-refractivity contribution in [3.8, 4) is 5.75 Å². The van der Waals surface area contributed by atoms with E-state index in [1.54, 1.807) is 20.5 Å². The van der Waals surface area contributed by atoms with Crippen LogP contribution in [0.5, 0.6) is 5.75 Å². The summed E-state index contributed by atoms with van der Waals surface area (Å²) in [6, 6.07) is 23.4. The molecule has 198 valence electrons. The number of amides is 2. The molecule has 1 unspecified atom stereocenters. The minimum Gasteiger partial charge on any atom is -0.497 e. The fourth-order valence-electron chi connectivity index (χ4n) is 4.35. The molecule has 0 aliphatic heterocycles. The quantitative estimate of drug-likeness (QED) is 0.257. The van der Waals surface area contributed by atoms with E-state index < -0.39 is 5.92 Å². The van der Waals surface area contributed by atoms with Crippen molar-refractivity contribution in [2.75, 3.05) is 27.3 Å². The lowest BCUT2D eigenvalue weighted by Gasteiger charge is -2.17. The van der Waals surface area contributed by atoms with Gasteiger partial charge in [0.15, 0.2) is 0 Å². The lowest BCUT2D eigenvalue weighted by Crippen LogP contribution is -2.43. The summed E-state index contributed by atoms with van der Waals surface area (Å²) in [5.41, 5.74) is 4.96. The number of fused-ring (bicyclic) bond motifs is 1. The van der Waals surface area contributed by atoms with E-state index in [1.165, 1.54) is 0 Å². The Labute approximate surface area is 223 Å². The van der Waals surface area contributed by atoms with Gasteiger partial charge in [0.1, 0.15) is 17.3 Å². The van der Waals surface area contributed by atoms with E-state index in [2.05, 4.69) is 10.6 Å². The van der Waals surface area contributed by atoms with Crippen molar-refractivity contribution >= 4 is 22.8 Å². The van der Waals surface area contributed by atoms with E-state index in [0.717, 1.165) is 39.0 Å². The molecule has 3 aromatic carbocycles. The molecule has 0 bridgehead atoms. The normalized spacial score (nSPS) is 11.7. The smallest absolute Gasteiger partial charge is 0.232 e. The van der Waals surface area contributed by atoms with Crippen LogP contribution in [0, 0.1) is 5.92 Å². The molecule has 0 aliphatic rings. The van der Waals surface area contributed by atoms with Crippen LogP contribution in [0.2, 0.25) is 0 Å². The lowest BCUT2D eigenvalue weighted by molar-refractivity contribution is -0.135. The lowest BCUT2D eigenvalue weighted by atomic mass is 9.96. The summed E-state index contributed by atoms with van der Waals surface area (Å²) in [6.07, 6.45) is 3.26. The van der Waals surface area contributed by atoms with E-state index >= 15 is 0 Å². The largest absolute Gasteiger partial charge is 0.497 e. The number of hydrogen-bond acceptors (Lipinski definition) is 5. The fourth-order valence-corrected chi connectivity index (χ4v) is 4.35. The van der Waals surface area contributed by atoms with Gasteiger partial charge in [-0.3, -0.25) is 9.59 Å². The highest BCUT2D eigenvalue weighted by molar-refractivity contribution is 6.00. The summed E-state index contributed by atoms with van der Waals surface area (Å²) in [7, 11) is 3.30. The molecule has 0 radical (unpaired) electrons. The summed E-state index contributed by atoms with van der Waals surface area (Å²) in [4.78, 5) is 26.4. The third kappa shape index (κ3) is 7.46. The van der Waals surface area contributed by atoms with Gasteiger partial charge in [0.05, 0.1) is 20.0 Å². The Kier molecular flexibility index (Phi) is 9.54. The van der Waals surface area contributed by atoms with E-state index in [0.29, 0.717) is 39.0 Å². The molecule has 0 aliphatic carbocycles. The third-order valence-corrected chi connectivity index (χ3v) is 6.51. The first-order valence-corrected chi connectivity index (χ1v) is 12.8. The maximum atomic E-state index is 13.2. The number of carbonyl (C=O) groups is 2. The highest BCUT2D eigenvalue weighted by Gasteiger charge is 2.26. The molecule has 0 spiro atoms. The highest BCUT2D eigenvalue weighted by Crippen LogP contribution is 2.20. The van der Waals surface area contributed by atoms with Gasteiger partial charge in [-0.05, 0) is 71.8 Å². The molecule has 7 heteroatoms. The van der Waals surface area contributed by atoms with Gasteiger partial charge in [-0.1, -0.05) is 42.5 Å². The molecule has 38 heavy (non-hydrogen) atoms. The van der Waals surface area contributed by atoms with Crippen LogP contribution in [-0.2, 0) is 40.2 Å². The molecule has 1 heterocycles. The van der Waals surface area contributed by atoms with Crippen molar-refractivity contribution in [2.24, 2.45) is 5.92 Å². The molecule has 0 saturated heterocycles. The average Bonchev–Trinajstić information content (AvgIpc) is 3.41. The summed E-state index contributed by atoms with van der Waals surface area (Å²) in [5, 5.41) is 6.87. The van der Waals surface area contributed by atoms with Crippen LogP contribution in [0.15, 0.2) is 83.5 Å². The van der Waals surface area contributed by atoms with Gasteiger partial charge in [-0.25, -0.2) is 0 Å². The van der Waals surface area contributed by atoms with Gasteiger partial charge in [-0.15, -0.1) is 0 Å². The number of rotatable bonds is 13. The van der Waals surface area contributed by atoms with Crippen LogP contribution >= 0.6 is 0 Å². The molecule has 1 aromatic heterocycles. The molecule has 2 N–H and O–H groups in total. The third-order valence-electron chi connectivity index (χ3n) is 6.51. The SMILES string of the molecule is COCc1ccc(CCNC(=O)C(Cc2ccc3occc3c2)C(=O)NCCc2ccc(OC)cc2)cc1. The predicted octanol–water partition coefficient (Wildman–Crippen LogP) is 4.46. The number of nitrogens with one attached hydrogen (secondary N) is 2. The van der Waals surface area contributed by atoms with Gasteiger partial charge >= 0.3 is 0 Å². The van der Waals surface area contributed by atoms with E-state index in [4.69, 9.17) is 13.9 Å². The number of ether oxygens (including phenoxy) is 2. The van der Waals surface area contributed by atoms with Crippen molar-refractivity contribution < 1.29 is 23.5 Å². The zero-order valence-corrected chi connectivity index (χ0v) is 21.9. The van der Waals surface area contributed by atoms with Crippen LogP contribution in [0.3, 0.4) is 0 Å². The number of hydrogen-bond donors (Lipinski definition) is 2. The molecule has 0 fully saturated rings. The standard InChI is InChI=1S/C31H34N2O5/c1-36-21-24-5-3-22(4-6-24)13-16-32-30(34)28(20-25-9-12-29-26(19-25)15-18-38-29)31(35)33-17-14-23-7-10-27(37-2)11-8-23/h3-12,15,18-19,28H,13-14,16-17,20-21H2,1-2H3,(H,32,34)(H,33,35). The Bertz CT molecular complexity index is 1330. The van der Waals surface area contributed by atoms with E-state index in [9.17, 15) is 9.59 Å². The Balaban J connectivity index is 1.37. The molecule has 1 atom stereocenters. The van der Waals surface area contributed by atoms with Crippen molar-refractivity contribution in [1.82, 2.24) is 10.6 Å². The van der Waals surface area contributed by atoms with Crippen molar-refractivity contribution in [1.29, 1.82) is 0 Å². The molecular formula is C31H34N2O5. The predicted molar refractivity (Wildman–Crippen MR) is 147 cm³/mol. The first-order valence-electron chi connectivity index (χ1n) is 12.8. The maximum absolute atomic E-state index is 13.2. The maximum Gasteiger partial charge on any atom is 0.232 e. The summed E-state index contributed by atoms with van der Waals surface area (Å²) in [5.74, 6) is -0.628. The van der Waals surface area contributed by atoms with Crippen LogP contribution in [0.4, 0.5) is 0 Å². The Morgan fingerprint density at radius 1 is 0.763 bits per heavy atom. The number of methoxy groups -OCH3 is 2. The van der Waals surface area contributed by atoms with E-state index in [1.807, 2.05) is 72.8 Å². The number of carbonyl (C=O) groups excluding carboxylic acids is 2. The second kappa shape index (κ2) is 13.4. The van der Waals surface area contributed by atoms with Crippen LogP contribution < -0.4 is 15.4 Å². The minimum absolute atomic E-state index is 0.282. The summed E-state index contributed by atoms with van der Waals surface area (Å²) < 4.78 is 15.8. The van der Waals surface area contributed by atoms with Gasteiger partial charge in [-0.2, -0.15) is 0 Å². The minimum atomic E-state index is -0.848. The van der Waals surface area contributed by atoms with Crippen LogP contribution in [-0.4, -0.2) is 39.1 Å². The monoisotopic (exact) mass is 514 g/mol. The first kappa shape index (κ1) is 26.9. The van der Waals surface area contributed by atoms with Gasteiger partial charge < -0.3 is 24.5 Å². The summed E-state index contributed by atoms with van der Waals surface area (Å²) in [6.45, 7) is 1.44. The number of benzene rings is 3. The Morgan fingerprint density at radius 2 is 1.34 bits per heavy atom. The molecule has 0 saturated carbocycles. The molecule has 4 rings (SSSR count). The number of furan rings is 1. The van der Waals surface area contributed by atoms with Crippen molar-refractivity contribution in [3.05, 3.63) is 101 Å². The molecule has 7 nitrogen and oxygen atoms in total. The Morgan fingerprint density at radius 3 is 1.95 bits per heavy atom. The van der Waals surface area contributed by atoms with Gasteiger partial charge in [0, 0.05) is 25.6 Å². The van der Waals surface area contributed by atoms with E-state index in [-0.39, 0.29) is 11.8 Å². The second-order valence-corrected chi connectivity index (χ2v) is 9.23.